The second kappa shape index (κ2) is 8.04. The number of ether oxygens (including phenoxy) is 1. The number of benzene rings is 3. The predicted molar refractivity (Wildman–Crippen MR) is 112 cm³/mol. The van der Waals surface area contributed by atoms with Crippen molar-refractivity contribution in [3.05, 3.63) is 90.9 Å². The average molecular weight is 420 g/mol. The molecule has 7 heteroatoms. The number of sulfone groups is 1. The fourth-order valence-electron chi connectivity index (χ4n) is 2.93. The first-order valence-electron chi connectivity index (χ1n) is 9.06. The molecular formula is C23H17FN2O3S. The highest BCUT2D eigenvalue weighted by Gasteiger charge is 2.14. The lowest BCUT2D eigenvalue weighted by Crippen LogP contribution is -1.98. The van der Waals surface area contributed by atoms with Crippen LogP contribution in [0.4, 0.5) is 4.39 Å². The molecule has 0 radical (unpaired) electrons. The summed E-state index contributed by atoms with van der Waals surface area (Å²) in [5, 5.41) is 0. The second-order valence-electron chi connectivity index (χ2n) is 6.63. The number of aromatic nitrogens is 2. The van der Waals surface area contributed by atoms with E-state index >= 15 is 0 Å². The predicted octanol–water partition coefficient (Wildman–Crippen LogP) is 5.15. The van der Waals surface area contributed by atoms with Crippen LogP contribution in [-0.4, -0.2) is 24.6 Å². The molecule has 0 saturated carbocycles. The minimum absolute atomic E-state index is 0.150. The molecule has 0 spiro atoms. The van der Waals surface area contributed by atoms with Gasteiger partial charge in [0.25, 0.3) is 0 Å². The van der Waals surface area contributed by atoms with Crippen molar-refractivity contribution in [2.45, 2.75) is 4.90 Å². The van der Waals surface area contributed by atoms with Gasteiger partial charge in [-0.25, -0.2) is 17.8 Å². The largest absolute Gasteiger partial charge is 0.424 e. The monoisotopic (exact) mass is 420 g/mol. The lowest BCUT2D eigenvalue weighted by atomic mass is 10.0. The molecule has 0 N–H and O–H groups in total. The van der Waals surface area contributed by atoms with Gasteiger partial charge in [-0.05, 0) is 54.1 Å². The van der Waals surface area contributed by atoms with Crippen LogP contribution in [0.1, 0.15) is 0 Å². The Morgan fingerprint density at radius 3 is 2.10 bits per heavy atom. The highest BCUT2D eigenvalue weighted by atomic mass is 32.2. The van der Waals surface area contributed by atoms with E-state index in [4.69, 9.17) is 4.74 Å². The van der Waals surface area contributed by atoms with Crippen LogP contribution in [0.2, 0.25) is 0 Å². The Morgan fingerprint density at radius 1 is 0.833 bits per heavy atom. The maximum Gasteiger partial charge on any atom is 0.322 e. The fraction of sp³-hybridized carbons (Fsp3) is 0.0435. The number of rotatable bonds is 5. The zero-order valence-corrected chi connectivity index (χ0v) is 16.8. The van der Waals surface area contributed by atoms with E-state index < -0.39 is 9.84 Å². The SMILES string of the molecule is CS(=O)(=O)c1ccc(-c2cnc(Oc3ccccc3)nc2-c2ccc(F)cc2)cc1. The molecule has 0 amide bonds. The van der Waals surface area contributed by atoms with Gasteiger partial charge >= 0.3 is 6.01 Å². The quantitative estimate of drug-likeness (QED) is 0.447. The van der Waals surface area contributed by atoms with Crippen molar-refractivity contribution in [2.24, 2.45) is 0 Å². The molecule has 30 heavy (non-hydrogen) atoms. The lowest BCUT2D eigenvalue weighted by Gasteiger charge is -2.12. The van der Waals surface area contributed by atoms with Gasteiger partial charge in [-0.15, -0.1) is 0 Å². The first kappa shape index (κ1) is 19.7. The van der Waals surface area contributed by atoms with Crippen LogP contribution in [0.5, 0.6) is 11.8 Å². The molecular weight excluding hydrogens is 403 g/mol. The van der Waals surface area contributed by atoms with Crippen molar-refractivity contribution in [3.8, 4) is 34.1 Å². The second-order valence-corrected chi connectivity index (χ2v) is 8.65. The molecule has 0 unspecified atom stereocenters. The Balaban J connectivity index is 1.80. The lowest BCUT2D eigenvalue weighted by molar-refractivity contribution is 0.442. The Morgan fingerprint density at radius 2 is 1.47 bits per heavy atom. The Hall–Kier alpha value is -3.58. The van der Waals surface area contributed by atoms with Crippen LogP contribution in [-0.2, 0) is 9.84 Å². The van der Waals surface area contributed by atoms with Crippen molar-refractivity contribution < 1.29 is 17.5 Å². The van der Waals surface area contributed by atoms with Gasteiger partial charge in [0.15, 0.2) is 9.84 Å². The zero-order chi connectivity index (χ0) is 21.1. The van der Waals surface area contributed by atoms with Gasteiger partial charge in [0.2, 0.25) is 0 Å². The molecule has 5 nitrogen and oxygen atoms in total. The van der Waals surface area contributed by atoms with E-state index in [9.17, 15) is 12.8 Å². The van der Waals surface area contributed by atoms with Gasteiger partial charge < -0.3 is 4.74 Å². The van der Waals surface area contributed by atoms with Crippen LogP contribution in [0.15, 0.2) is 90.0 Å². The average Bonchev–Trinajstić information content (AvgIpc) is 2.74. The summed E-state index contributed by atoms with van der Waals surface area (Å²) in [7, 11) is -3.30. The summed E-state index contributed by atoms with van der Waals surface area (Å²) in [6.07, 6.45) is 2.77. The summed E-state index contributed by atoms with van der Waals surface area (Å²) < 4.78 is 42.7. The number of hydrogen-bond donors (Lipinski definition) is 0. The first-order chi connectivity index (χ1) is 14.4. The Kier molecular flexibility index (Phi) is 5.29. The van der Waals surface area contributed by atoms with Crippen molar-refractivity contribution in [1.29, 1.82) is 0 Å². The molecule has 4 aromatic rings. The van der Waals surface area contributed by atoms with Gasteiger partial charge in [-0.3, -0.25) is 0 Å². The minimum Gasteiger partial charge on any atom is -0.424 e. The molecule has 0 atom stereocenters. The molecule has 0 aliphatic heterocycles. The topological polar surface area (TPSA) is 69.2 Å². The van der Waals surface area contributed by atoms with E-state index in [1.165, 1.54) is 24.3 Å². The number of para-hydroxylation sites is 1. The number of halogens is 1. The van der Waals surface area contributed by atoms with Crippen LogP contribution in [0.25, 0.3) is 22.4 Å². The minimum atomic E-state index is -3.30. The first-order valence-corrected chi connectivity index (χ1v) is 11.0. The molecule has 0 bridgehead atoms. The van der Waals surface area contributed by atoms with Crippen molar-refractivity contribution >= 4 is 9.84 Å². The Labute approximate surface area is 173 Å². The normalized spacial score (nSPS) is 11.3. The third-order valence-electron chi connectivity index (χ3n) is 4.43. The van der Waals surface area contributed by atoms with Gasteiger partial charge in [-0.2, -0.15) is 4.98 Å². The van der Waals surface area contributed by atoms with Crippen LogP contribution < -0.4 is 4.74 Å². The molecule has 3 aromatic carbocycles. The smallest absolute Gasteiger partial charge is 0.322 e. The van der Waals surface area contributed by atoms with Crippen molar-refractivity contribution in [3.63, 3.8) is 0 Å². The molecule has 0 fully saturated rings. The number of nitrogens with zero attached hydrogens (tertiary/aromatic N) is 2. The van der Waals surface area contributed by atoms with E-state index in [0.29, 0.717) is 22.6 Å². The summed E-state index contributed by atoms with van der Waals surface area (Å²) in [5.74, 6) is 0.237. The van der Waals surface area contributed by atoms with E-state index in [-0.39, 0.29) is 16.7 Å². The van der Waals surface area contributed by atoms with Gasteiger partial charge in [0.1, 0.15) is 11.6 Å². The van der Waals surface area contributed by atoms with Gasteiger partial charge in [0, 0.05) is 23.6 Å². The van der Waals surface area contributed by atoms with Crippen LogP contribution in [0, 0.1) is 5.82 Å². The highest BCUT2D eigenvalue weighted by Crippen LogP contribution is 2.32. The van der Waals surface area contributed by atoms with E-state index in [2.05, 4.69) is 9.97 Å². The summed E-state index contributed by atoms with van der Waals surface area (Å²) in [5.41, 5.74) is 2.62. The van der Waals surface area contributed by atoms with Crippen LogP contribution in [0.3, 0.4) is 0 Å². The Bertz CT molecular complexity index is 1270. The molecule has 0 aliphatic carbocycles. The van der Waals surface area contributed by atoms with Gasteiger partial charge in [-0.1, -0.05) is 30.3 Å². The summed E-state index contributed by atoms with van der Waals surface area (Å²) >= 11 is 0. The zero-order valence-electron chi connectivity index (χ0n) is 16.0. The summed E-state index contributed by atoms with van der Waals surface area (Å²) in [6.45, 7) is 0. The molecule has 1 heterocycles. The molecule has 150 valence electrons. The molecule has 0 aliphatic rings. The molecule has 4 rings (SSSR count). The fourth-order valence-corrected chi connectivity index (χ4v) is 3.56. The highest BCUT2D eigenvalue weighted by molar-refractivity contribution is 7.90. The van der Waals surface area contributed by atoms with Crippen molar-refractivity contribution in [2.75, 3.05) is 6.26 Å². The van der Waals surface area contributed by atoms with E-state index in [0.717, 1.165) is 11.8 Å². The standard InChI is InChI=1S/C23H17FN2O3S/c1-30(27,28)20-13-9-16(10-14-20)21-15-25-23(29-19-5-3-2-4-6-19)26-22(21)17-7-11-18(24)12-8-17/h2-15H,1H3. The third kappa shape index (κ3) is 4.36. The third-order valence-corrected chi connectivity index (χ3v) is 5.56. The van der Waals surface area contributed by atoms with Gasteiger partial charge in [0.05, 0.1) is 10.6 Å². The van der Waals surface area contributed by atoms with Crippen LogP contribution >= 0.6 is 0 Å². The van der Waals surface area contributed by atoms with E-state index in [1.807, 2.05) is 18.2 Å². The maximum atomic E-state index is 13.4. The van der Waals surface area contributed by atoms with E-state index in [1.54, 1.807) is 42.6 Å². The molecule has 1 aromatic heterocycles. The van der Waals surface area contributed by atoms with Crippen molar-refractivity contribution in [1.82, 2.24) is 9.97 Å². The maximum absolute atomic E-state index is 13.4. The summed E-state index contributed by atoms with van der Waals surface area (Å²) in [4.78, 5) is 9.06. The summed E-state index contributed by atoms with van der Waals surface area (Å²) in [6, 6.07) is 21.7. The molecule has 0 saturated heterocycles. The number of hydrogen-bond acceptors (Lipinski definition) is 5.